The number of alkyl carbamates (subject to hydrolysis) is 1. The molecular weight excluding hydrogens is 629 g/mol. The normalized spacial score (nSPS) is 17.0. The van der Waals surface area contributed by atoms with Crippen molar-refractivity contribution in [3.8, 4) is 22.9 Å². The number of piperidine rings is 1. The monoisotopic (exact) mass is 669 g/mol. The van der Waals surface area contributed by atoms with Crippen molar-refractivity contribution in [1.29, 1.82) is 0 Å². The van der Waals surface area contributed by atoms with Crippen LogP contribution in [0.25, 0.3) is 11.3 Å². The zero-order chi connectivity index (χ0) is 32.5. The van der Waals surface area contributed by atoms with Crippen LogP contribution in [-0.4, -0.2) is 96.1 Å². The average molecular weight is 671 g/mol. The SMILES string of the molecule is CNC(=O)OCC1CCN(Cc2cc(Oc3cnc(N4CCN(C(C)CCC=O)CC4)nc3)nc(-c3cc(Cl)cc(Cl)c3)c2)CC1. The summed E-state index contributed by atoms with van der Waals surface area (Å²) < 4.78 is 11.5. The van der Waals surface area contributed by atoms with Crippen molar-refractivity contribution in [3.63, 3.8) is 0 Å². The molecule has 1 amide bonds. The van der Waals surface area contributed by atoms with E-state index < -0.39 is 6.09 Å². The van der Waals surface area contributed by atoms with Crippen LogP contribution in [0.3, 0.4) is 0 Å². The van der Waals surface area contributed by atoms with E-state index in [2.05, 4.69) is 36.9 Å². The minimum Gasteiger partial charge on any atom is -0.449 e. The van der Waals surface area contributed by atoms with E-state index in [0.717, 1.165) is 75.9 Å². The van der Waals surface area contributed by atoms with Gasteiger partial charge in [0.05, 0.1) is 24.7 Å². The van der Waals surface area contributed by atoms with Gasteiger partial charge in [-0.05, 0) is 75.0 Å². The second-order valence-corrected chi connectivity index (χ2v) is 12.7. The molecule has 1 atom stereocenters. The van der Waals surface area contributed by atoms with Gasteiger partial charge in [-0.3, -0.25) is 9.80 Å². The maximum absolute atomic E-state index is 11.5. The lowest BCUT2D eigenvalue weighted by molar-refractivity contribution is -0.108. The third-order valence-corrected chi connectivity index (χ3v) is 8.98. The highest BCUT2D eigenvalue weighted by atomic mass is 35.5. The van der Waals surface area contributed by atoms with Gasteiger partial charge in [-0.2, -0.15) is 0 Å². The lowest BCUT2D eigenvalue weighted by atomic mass is 9.97. The zero-order valence-electron chi connectivity index (χ0n) is 26.3. The number of amides is 1. The number of carbonyl (C=O) groups is 2. The molecule has 13 heteroatoms. The maximum atomic E-state index is 11.5. The molecule has 0 radical (unpaired) electrons. The Balaban J connectivity index is 1.26. The molecule has 2 fully saturated rings. The summed E-state index contributed by atoms with van der Waals surface area (Å²) in [6, 6.07) is 9.72. The van der Waals surface area contributed by atoms with Crippen molar-refractivity contribution in [3.05, 3.63) is 58.3 Å². The van der Waals surface area contributed by atoms with Crippen LogP contribution in [0.2, 0.25) is 10.0 Å². The number of nitrogens with one attached hydrogen (secondary N) is 1. The number of ether oxygens (including phenoxy) is 2. The van der Waals surface area contributed by atoms with Gasteiger partial charge in [0.25, 0.3) is 0 Å². The first-order chi connectivity index (χ1) is 22.3. The number of rotatable bonds is 12. The first-order valence-corrected chi connectivity index (χ1v) is 16.5. The highest BCUT2D eigenvalue weighted by molar-refractivity contribution is 6.35. The van der Waals surface area contributed by atoms with E-state index >= 15 is 0 Å². The molecule has 2 aliphatic rings. The Morgan fingerprint density at radius 1 is 1.02 bits per heavy atom. The topological polar surface area (TPSA) is 113 Å². The van der Waals surface area contributed by atoms with Crippen molar-refractivity contribution < 1.29 is 19.1 Å². The second kappa shape index (κ2) is 16.4. The molecule has 1 N–H and O–H groups in total. The third kappa shape index (κ3) is 9.51. The Labute approximate surface area is 280 Å². The Bertz CT molecular complexity index is 1440. The van der Waals surface area contributed by atoms with Gasteiger partial charge < -0.3 is 24.5 Å². The van der Waals surface area contributed by atoms with Crippen molar-refractivity contribution in [2.24, 2.45) is 5.92 Å². The highest BCUT2D eigenvalue weighted by Crippen LogP contribution is 2.31. The number of piperazine rings is 1. The fourth-order valence-corrected chi connectivity index (χ4v) is 6.41. The van der Waals surface area contributed by atoms with E-state index in [-0.39, 0.29) is 0 Å². The third-order valence-electron chi connectivity index (χ3n) is 8.55. The predicted octanol–water partition coefficient (Wildman–Crippen LogP) is 5.70. The van der Waals surface area contributed by atoms with Crippen molar-refractivity contribution in [2.75, 3.05) is 57.8 Å². The molecule has 2 saturated heterocycles. The molecule has 3 aromatic rings. The van der Waals surface area contributed by atoms with Crippen molar-refractivity contribution in [2.45, 2.75) is 45.2 Å². The number of benzene rings is 1. The standard InChI is InChI=1S/C33H41Cl2N7O4/c1-23(4-3-13-43)41-9-11-42(12-10-41)32-37-19-29(20-38-32)46-31-15-25(14-30(39-31)26-16-27(34)18-28(35)17-26)21-40-7-5-24(6-8-40)22-45-33(44)36-2/h13-20,23-24H,3-12,21-22H2,1-2H3,(H,36,44). The van der Waals surface area contributed by atoms with E-state index in [0.29, 0.717) is 64.8 Å². The quantitative estimate of drug-likeness (QED) is 0.241. The van der Waals surface area contributed by atoms with Gasteiger partial charge in [0.2, 0.25) is 11.8 Å². The Hall–Kier alpha value is -3.51. The van der Waals surface area contributed by atoms with E-state index in [1.807, 2.05) is 24.3 Å². The zero-order valence-corrected chi connectivity index (χ0v) is 27.8. The number of anilines is 1. The molecule has 0 spiro atoms. The first kappa shape index (κ1) is 33.8. The first-order valence-electron chi connectivity index (χ1n) is 15.8. The number of hydrogen-bond donors (Lipinski definition) is 1. The number of aldehydes is 1. The van der Waals surface area contributed by atoms with Gasteiger partial charge in [0, 0.05) is 73.9 Å². The summed E-state index contributed by atoms with van der Waals surface area (Å²) in [6.07, 6.45) is 7.31. The van der Waals surface area contributed by atoms with Crippen LogP contribution < -0.4 is 15.0 Å². The van der Waals surface area contributed by atoms with Crippen LogP contribution in [0.4, 0.5) is 10.7 Å². The molecule has 4 heterocycles. The number of likely N-dealkylation sites (tertiary alicyclic amines) is 1. The number of carbonyl (C=O) groups excluding carboxylic acids is 2. The number of halogens is 2. The highest BCUT2D eigenvalue weighted by Gasteiger charge is 2.23. The fraction of sp³-hybridized carbons (Fsp3) is 0.485. The lowest BCUT2D eigenvalue weighted by Gasteiger charge is -2.38. The minimum atomic E-state index is -0.392. The molecule has 2 aromatic heterocycles. The molecule has 0 saturated carbocycles. The van der Waals surface area contributed by atoms with Crippen LogP contribution >= 0.6 is 23.2 Å². The summed E-state index contributed by atoms with van der Waals surface area (Å²) in [5, 5.41) is 3.55. The molecule has 5 rings (SSSR count). The van der Waals surface area contributed by atoms with E-state index in [4.69, 9.17) is 37.7 Å². The predicted molar refractivity (Wildman–Crippen MR) is 179 cm³/mol. The van der Waals surface area contributed by atoms with E-state index in [1.165, 1.54) is 0 Å². The largest absolute Gasteiger partial charge is 0.449 e. The smallest absolute Gasteiger partial charge is 0.406 e. The molecule has 0 bridgehead atoms. The van der Waals surface area contributed by atoms with Crippen molar-refractivity contribution in [1.82, 2.24) is 30.1 Å². The number of hydrogen-bond acceptors (Lipinski definition) is 10. The van der Waals surface area contributed by atoms with E-state index in [9.17, 15) is 9.59 Å². The fourth-order valence-electron chi connectivity index (χ4n) is 5.89. The summed E-state index contributed by atoms with van der Waals surface area (Å²) in [4.78, 5) is 43.1. The summed E-state index contributed by atoms with van der Waals surface area (Å²) in [6.45, 7) is 8.52. The molecular formula is C33H41Cl2N7O4. The molecule has 1 aromatic carbocycles. The molecule has 2 aliphatic heterocycles. The summed E-state index contributed by atoms with van der Waals surface area (Å²) in [5.41, 5.74) is 2.53. The Morgan fingerprint density at radius 3 is 2.37 bits per heavy atom. The lowest BCUT2D eigenvalue weighted by Crippen LogP contribution is -2.50. The van der Waals surface area contributed by atoms with Crippen LogP contribution in [0, 0.1) is 5.92 Å². The number of pyridine rings is 1. The summed E-state index contributed by atoms with van der Waals surface area (Å²) in [7, 11) is 1.57. The molecule has 1 unspecified atom stereocenters. The van der Waals surface area contributed by atoms with E-state index in [1.54, 1.807) is 25.5 Å². The van der Waals surface area contributed by atoms with Gasteiger partial charge in [-0.1, -0.05) is 23.2 Å². The van der Waals surface area contributed by atoms with Gasteiger partial charge in [0.1, 0.15) is 6.29 Å². The molecule has 11 nitrogen and oxygen atoms in total. The summed E-state index contributed by atoms with van der Waals surface area (Å²) in [5.74, 6) is 1.92. The van der Waals surface area contributed by atoms with Crippen LogP contribution in [0.15, 0.2) is 42.7 Å². The average Bonchev–Trinajstić information content (AvgIpc) is 3.06. The van der Waals surface area contributed by atoms with Crippen LogP contribution in [0.1, 0.15) is 38.2 Å². The Morgan fingerprint density at radius 2 is 1.72 bits per heavy atom. The molecule has 246 valence electrons. The molecule has 0 aliphatic carbocycles. The summed E-state index contributed by atoms with van der Waals surface area (Å²) >= 11 is 12.7. The van der Waals surface area contributed by atoms with Crippen LogP contribution in [0.5, 0.6) is 11.6 Å². The van der Waals surface area contributed by atoms with Gasteiger partial charge in [-0.15, -0.1) is 0 Å². The minimum absolute atomic E-state index is 0.345. The van der Waals surface area contributed by atoms with Gasteiger partial charge >= 0.3 is 6.09 Å². The van der Waals surface area contributed by atoms with Crippen molar-refractivity contribution >= 4 is 41.5 Å². The second-order valence-electron chi connectivity index (χ2n) is 11.9. The van der Waals surface area contributed by atoms with Gasteiger partial charge in [-0.25, -0.2) is 19.7 Å². The van der Waals surface area contributed by atoms with Crippen LogP contribution in [-0.2, 0) is 16.1 Å². The molecule has 46 heavy (non-hydrogen) atoms. The number of aromatic nitrogens is 3. The maximum Gasteiger partial charge on any atom is 0.406 e. The Kier molecular flexibility index (Phi) is 12.0. The number of nitrogens with zero attached hydrogens (tertiary/aromatic N) is 6. The van der Waals surface area contributed by atoms with Gasteiger partial charge in [0.15, 0.2) is 5.75 Å².